The average Bonchev–Trinajstić information content (AvgIpc) is 3.01. The maximum Gasteiger partial charge on any atom is 0.166 e. The highest BCUT2D eigenvalue weighted by molar-refractivity contribution is 7.99. The van der Waals surface area contributed by atoms with Gasteiger partial charge in [-0.05, 0) is 49.1 Å². The first-order chi connectivity index (χ1) is 11.7. The number of para-hydroxylation sites is 1. The summed E-state index contributed by atoms with van der Waals surface area (Å²) in [5.41, 5.74) is 5.55. The van der Waals surface area contributed by atoms with Crippen molar-refractivity contribution >= 4 is 34.3 Å². The van der Waals surface area contributed by atoms with Crippen LogP contribution in [0.25, 0.3) is 11.0 Å². The van der Waals surface area contributed by atoms with E-state index in [1.807, 2.05) is 30.3 Å². The first-order valence-electron chi connectivity index (χ1n) is 8.15. The number of aryl methyl sites for hydroxylation is 2. The number of carbonyl (C=O) groups is 1. The van der Waals surface area contributed by atoms with Gasteiger partial charge in [0.2, 0.25) is 0 Å². The second-order valence-electron chi connectivity index (χ2n) is 6.21. The van der Waals surface area contributed by atoms with Gasteiger partial charge in [0.25, 0.3) is 0 Å². The highest BCUT2D eigenvalue weighted by Crippen LogP contribution is 2.26. The van der Waals surface area contributed by atoms with Gasteiger partial charge >= 0.3 is 0 Å². The van der Waals surface area contributed by atoms with Crippen molar-refractivity contribution in [2.24, 2.45) is 0 Å². The maximum atomic E-state index is 12.5. The summed E-state index contributed by atoms with van der Waals surface area (Å²) >= 11 is 1.48. The second-order valence-corrected chi connectivity index (χ2v) is 7.17. The smallest absolute Gasteiger partial charge is 0.166 e. The molecule has 5 heteroatoms. The van der Waals surface area contributed by atoms with E-state index in [-0.39, 0.29) is 11.8 Å². The fourth-order valence-electron chi connectivity index (χ4n) is 3.09. The molecule has 0 amide bonds. The lowest BCUT2D eigenvalue weighted by Crippen LogP contribution is -2.34. The molecule has 0 saturated carbocycles. The molecular weight excluding hydrogens is 318 g/mol. The molecule has 0 saturated heterocycles. The molecule has 2 heterocycles. The minimum atomic E-state index is -0.0981. The molecule has 2 aromatic carbocycles. The van der Waals surface area contributed by atoms with Gasteiger partial charge in [-0.3, -0.25) is 4.79 Å². The van der Waals surface area contributed by atoms with Crippen LogP contribution in [0, 0.1) is 6.92 Å². The Balaban J connectivity index is 1.41. The summed E-state index contributed by atoms with van der Waals surface area (Å²) in [5.74, 6) is 0.657. The zero-order chi connectivity index (χ0) is 16.5. The van der Waals surface area contributed by atoms with Gasteiger partial charge in [-0.25, -0.2) is 4.98 Å². The van der Waals surface area contributed by atoms with Crippen molar-refractivity contribution in [1.29, 1.82) is 0 Å². The van der Waals surface area contributed by atoms with Gasteiger partial charge in [0, 0.05) is 5.69 Å². The zero-order valence-electron chi connectivity index (χ0n) is 13.5. The SMILES string of the molecule is Cc1ccc2nc(SCC(=O)C3CCc4ccccc4N3)[nH]c2c1. The number of fused-ring (bicyclic) bond motifs is 2. The fourth-order valence-corrected chi connectivity index (χ4v) is 3.91. The number of rotatable bonds is 4. The van der Waals surface area contributed by atoms with E-state index in [0.717, 1.165) is 34.7 Å². The van der Waals surface area contributed by atoms with E-state index >= 15 is 0 Å². The molecule has 1 aliphatic rings. The fraction of sp³-hybridized carbons (Fsp3) is 0.263. The number of nitrogens with one attached hydrogen (secondary N) is 2. The lowest BCUT2D eigenvalue weighted by atomic mass is 9.96. The van der Waals surface area contributed by atoms with Crippen LogP contribution in [-0.4, -0.2) is 27.5 Å². The summed E-state index contributed by atoms with van der Waals surface area (Å²) in [6.07, 6.45) is 1.81. The minimum absolute atomic E-state index is 0.0981. The van der Waals surface area contributed by atoms with Crippen LogP contribution in [0.3, 0.4) is 0 Å². The first-order valence-corrected chi connectivity index (χ1v) is 9.14. The summed E-state index contributed by atoms with van der Waals surface area (Å²) in [6, 6.07) is 14.2. The molecule has 0 fully saturated rings. The summed E-state index contributed by atoms with van der Waals surface area (Å²) < 4.78 is 0. The molecule has 3 aromatic rings. The standard InChI is InChI=1S/C19H19N3OS/c1-12-6-8-15-17(10-12)22-19(21-15)24-11-18(23)16-9-7-13-4-2-3-5-14(13)20-16/h2-6,8,10,16,20H,7,9,11H2,1H3,(H,21,22). The van der Waals surface area contributed by atoms with E-state index < -0.39 is 0 Å². The molecule has 4 rings (SSSR count). The Labute approximate surface area is 145 Å². The molecule has 122 valence electrons. The Morgan fingerprint density at radius 3 is 3.08 bits per heavy atom. The number of carbonyl (C=O) groups excluding carboxylic acids is 1. The van der Waals surface area contributed by atoms with Crippen LogP contribution in [0.15, 0.2) is 47.6 Å². The van der Waals surface area contributed by atoms with Crippen LogP contribution in [-0.2, 0) is 11.2 Å². The van der Waals surface area contributed by atoms with E-state index in [9.17, 15) is 4.79 Å². The number of anilines is 1. The number of benzene rings is 2. The number of hydrogen-bond donors (Lipinski definition) is 2. The molecule has 0 radical (unpaired) electrons. The van der Waals surface area contributed by atoms with Gasteiger partial charge in [-0.2, -0.15) is 0 Å². The third-order valence-electron chi connectivity index (χ3n) is 4.40. The van der Waals surface area contributed by atoms with Gasteiger partial charge in [-0.1, -0.05) is 36.0 Å². The average molecular weight is 337 g/mol. The van der Waals surface area contributed by atoms with Gasteiger partial charge in [0.15, 0.2) is 10.9 Å². The largest absolute Gasteiger partial charge is 0.375 e. The van der Waals surface area contributed by atoms with Crippen LogP contribution in [0.1, 0.15) is 17.5 Å². The number of aromatic amines is 1. The quantitative estimate of drug-likeness (QED) is 0.708. The molecule has 1 aliphatic heterocycles. The van der Waals surface area contributed by atoms with Gasteiger partial charge in [-0.15, -0.1) is 0 Å². The van der Waals surface area contributed by atoms with Crippen molar-refractivity contribution in [3.63, 3.8) is 0 Å². The van der Waals surface area contributed by atoms with Crippen LogP contribution >= 0.6 is 11.8 Å². The molecular formula is C19H19N3OS. The van der Waals surface area contributed by atoms with Crippen molar-refractivity contribution in [3.8, 4) is 0 Å². The van der Waals surface area contributed by atoms with Crippen molar-refractivity contribution in [1.82, 2.24) is 9.97 Å². The van der Waals surface area contributed by atoms with Crippen molar-refractivity contribution < 1.29 is 4.79 Å². The Kier molecular flexibility index (Phi) is 4.02. The molecule has 0 bridgehead atoms. The van der Waals surface area contributed by atoms with E-state index in [2.05, 4.69) is 34.3 Å². The molecule has 4 nitrogen and oxygen atoms in total. The van der Waals surface area contributed by atoms with E-state index in [1.165, 1.54) is 22.9 Å². The van der Waals surface area contributed by atoms with Crippen molar-refractivity contribution in [3.05, 3.63) is 53.6 Å². The zero-order valence-corrected chi connectivity index (χ0v) is 14.3. The Morgan fingerprint density at radius 2 is 2.17 bits per heavy atom. The van der Waals surface area contributed by atoms with Crippen LogP contribution < -0.4 is 5.32 Å². The number of aromatic nitrogens is 2. The van der Waals surface area contributed by atoms with Crippen LogP contribution in [0.4, 0.5) is 5.69 Å². The minimum Gasteiger partial charge on any atom is -0.375 e. The summed E-state index contributed by atoms with van der Waals surface area (Å²) in [5, 5.41) is 4.18. The Hall–Kier alpha value is -2.27. The number of hydrogen-bond acceptors (Lipinski definition) is 4. The molecule has 1 unspecified atom stereocenters. The normalized spacial score (nSPS) is 16.6. The lowest BCUT2D eigenvalue weighted by Gasteiger charge is -2.25. The highest BCUT2D eigenvalue weighted by atomic mass is 32.2. The molecule has 0 aliphatic carbocycles. The first kappa shape index (κ1) is 15.3. The number of thioether (sulfide) groups is 1. The van der Waals surface area contributed by atoms with Crippen molar-refractivity contribution in [2.75, 3.05) is 11.1 Å². The topological polar surface area (TPSA) is 57.8 Å². The lowest BCUT2D eigenvalue weighted by molar-refractivity contribution is -0.117. The van der Waals surface area contributed by atoms with E-state index in [1.54, 1.807) is 0 Å². The third kappa shape index (κ3) is 3.04. The number of H-pyrrole nitrogens is 1. The molecule has 1 atom stereocenters. The van der Waals surface area contributed by atoms with E-state index in [4.69, 9.17) is 0 Å². The van der Waals surface area contributed by atoms with Crippen LogP contribution in [0.5, 0.6) is 0 Å². The summed E-state index contributed by atoms with van der Waals surface area (Å²) in [7, 11) is 0. The molecule has 0 spiro atoms. The van der Waals surface area contributed by atoms with Crippen LogP contribution in [0.2, 0.25) is 0 Å². The third-order valence-corrected chi connectivity index (χ3v) is 5.30. The monoisotopic (exact) mass is 337 g/mol. The second kappa shape index (κ2) is 6.32. The van der Waals surface area contributed by atoms with E-state index in [0.29, 0.717) is 5.75 Å². The Morgan fingerprint density at radius 1 is 1.29 bits per heavy atom. The molecule has 2 N–H and O–H groups in total. The summed E-state index contributed by atoms with van der Waals surface area (Å²) in [4.78, 5) is 20.4. The number of Topliss-reactive ketones (excluding diaryl/α,β-unsaturated/α-hetero) is 1. The molecule has 24 heavy (non-hydrogen) atoms. The predicted octanol–water partition coefficient (Wildman–Crippen LogP) is 3.96. The Bertz CT molecular complexity index is 903. The highest BCUT2D eigenvalue weighted by Gasteiger charge is 2.23. The van der Waals surface area contributed by atoms with Crippen molar-refractivity contribution in [2.45, 2.75) is 31.0 Å². The number of ketones is 1. The molecule has 1 aromatic heterocycles. The van der Waals surface area contributed by atoms with Gasteiger partial charge in [0.05, 0.1) is 22.8 Å². The summed E-state index contributed by atoms with van der Waals surface area (Å²) in [6.45, 7) is 2.06. The maximum absolute atomic E-state index is 12.5. The van der Waals surface area contributed by atoms with Gasteiger partial charge in [0.1, 0.15) is 0 Å². The predicted molar refractivity (Wildman–Crippen MR) is 98.7 cm³/mol. The van der Waals surface area contributed by atoms with Gasteiger partial charge < -0.3 is 10.3 Å². The number of nitrogens with zero attached hydrogens (tertiary/aromatic N) is 1. The number of imidazole rings is 1.